The lowest BCUT2D eigenvalue weighted by molar-refractivity contribution is -0.191. The number of aliphatic hydroxyl groups is 1. The Bertz CT molecular complexity index is 417. The van der Waals surface area contributed by atoms with Gasteiger partial charge in [0.2, 0.25) is 5.91 Å². The molecule has 7 nitrogen and oxygen atoms in total. The lowest BCUT2D eigenvalue weighted by atomic mass is 9.78. The average Bonchev–Trinajstić information content (AvgIpc) is 2.74. The number of hydrogen-bond donors (Lipinski definition) is 1. The molecule has 7 heteroatoms. The standard InChI is InChI=1S/C14H23NO6/c1-5-13(19)8-9-15(10(4)16)14(13,11(17)20-6-2)12(18)21-7-3/h19H,5-9H2,1-4H3/t13-/m0/s1. The van der Waals surface area contributed by atoms with Gasteiger partial charge in [-0.2, -0.15) is 0 Å². The lowest BCUT2D eigenvalue weighted by Crippen LogP contribution is -2.69. The first-order valence-corrected chi connectivity index (χ1v) is 7.16. The van der Waals surface area contributed by atoms with Gasteiger partial charge in [0.25, 0.3) is 5.54 Å². The number of carbonyl (C=O) groups is 3. The summed E-state index contributed by atoms with van der Waals surface area (Å²) in [5, 5.41) is 10.8. The molecule has 1 amide bonds. The molecule has 1 rings (SSSR count). The fraction of sp³-hybridized carbons (Fsp3) is 0.786. The monoisotopic (exact) mass is 301 g/mol. The molecule has 1 saturated heterocycles. The average molecular weight is 301 g/mol. The molecule has 1 heterocycles. The third-order valence-electron chi connectivity index (χ3n) is 3.93. The molecular weight excluding hydrogens is 278 g/mol. The van der Waals surface area contributed by atoms with E-state index in [2.05, 4.69) is 0 Å². The van der Waals surface area contributed by atoms with Crippen LogP contribution in [0.4, 0.5) is 0 Å². The first kappa shape index (κ1) is 17.4. The molecule has 0 unspecified atom stereocenters. The highest BCUT2D eigenvalue weighted by molar-refractivity contribution is 6.09. The van der Waals surface area contributed by atoms with Crippen molar-refractivity contribution in [3.05, 3.63) is 0 Å². The zero-order valence-corrected chi connectivity index (χ0v) is 13.0. The molecule has 0 saturated carbocycles. The van der Waals surface area contributed by atoms with Crippen molar-refractivity contribution in [1.29, 1.82) is 0 Å². The molecule has 1 N–H and O–H groups in total. The minimum atomic E-state index is -2.13. The third-order valence-corrected chi connectivity index (χ3v) is 3.93. The first-order chi connectivity index (χ1) is 9.81. The molecule has 0 spiro atoms. The molecule has 1 atom stereocenters. The predicted molar refractivity (Wildman–Crippen MR) is 73.2 cm³/mol. The number of likely N-dealkylation sites (tertiary alicyclic amines) is 1. The Morgan fingerprint density at radius 2 is 1.57 bits per heavy atom. The zero-order valence-electron chi connectivity index (χ0n) is 13.0. The molecule has 0 aromatic rings. The van der Waals surface area contributed by atoms with Crippen molar-refractivity contribution in [2.45, 2.75) is 51.7 Å². The fourth-order valence-corrected chi connectivity index (χ4v) is 2.88. The molecule has 0 aromatic heterocycles. The van der Waals surface area contributed by atoms with Crippen LogP contribution < -0.4 is 0 Å². The Kier molecular flexibility index (Phi) is 5.33. The van der Waals surface area contributed by atoms with Gasteiger partial charge in [-0.3, -0.25) is 4.79 Å². The second-order valence-electron chi connectivity index (χ2n) is 4.96. The minimum Gasteiger partial charge on any atom is -0.464 e. The van der Waals surface area contributed by atoms with E-state index in [0.29, 0.717) is 0 Å². The number of hydrogen-bond acceptors (Lipinski definition) is 6. The molecule has 120 valence electrons. The number of esters is 2. The molecule has 1 aliphatic rings. The normalized spacial score (nSPS) is 23.8. The van der Waals surface area contributed by atoms with Crippen molar-refractivity contribution >= 4 is 17.8 Å². The highest BCUT2D eigenvalue weighted by Crippen LogP contribution is 2.43. The summed E-state index contributed by atoms with van der Waals surface area (Å²) < 4.78 is 9.96. The highest BCUT2D eigenvalue weighted by atomic mass is 16.6. The van der Waals surface area contributed by atoms with Crippen LogP contribution in [0.2, 0.25) is 0 Å². The largest absolute Gasteiger partial charge is 0.464 e. The zero-order chi connectivity index (χ0) is 16.3. The number of nitrogens with zero attached hydrogens (tertiary/aromatic N) is 1. The molecule has 1 aliphatic heterocycles. The lowest BCUT2D eigenvalue weighted by Gasteiger charge is -2.41. The molecule has 0 aliphatic carbocycles. The summed E-state index contributed by atoms with van der Waals surface area (Å²) in [5.74, 6) is -2.37. The van der Waals surface area contributed by atoms with E-state index >= 15 is 0 Å². The van der Waals surface area contributed by atoms with Crippen molar-refractivity contribution in [1.82, 2.24) is 4.90 Å². The summed E-state index contributed by atoms with van der Waals surface area (Å²) in [6.07, 6.45) is 0.231. The van der Waals surface area contributed by atoms with Crippen LogP contribution in [-0.2, 0) is 23.9 Å². The van der Waals surface area contributed by atoms with E-state index in [4.69, 9.17) is 9.47 Å². The van der Waals surface area contributed by atoms with Crippen LogP contribution in [-0.4, -0.2) is 58.8 Å². The molecule has 0 bridgehead atoms. The molecule has 0 aromatic carbocycles. The predicted octanol–water partition coefficient (Wildman–Crippen LogP) is 0.245. The Morgan fingerprint density at radius 3 is 1.90 bits per heavy atom. The van der Waals surface area contributed by atoms with Crippen LogP contribution in [0.1, 0.15) is 40.5 Å². The van der Waals surface area contributed by atoms with E-state index in [1.807, 2.05) is 0 Å². The molecule has 1 fully saturated rings. The van der Waals surface area contributed by atoms with Crippen molar-refractivity contribution < 1.29 is 29.0 Å². The van der Waals surface area contributed by atoms with Gasteiger partial charge in [-0.05, 0) is 26.7 Å². The molecular formula is C14H23NO6. The minimum absolute atomic E-state index is 0.0333. The van der Waals surface area contributed by atoms with E-state index < -0.39 is 29.0 Å². The van der Waals surface area contributed by atoms with Crippen molar-refractivity contribution in [2.75, 3.05) is 19.8 Å². The van der Waals surface area contributed by atoms with E-state index in [1.54, 1.807) is 20.8 Å². The van der Waals surface area contributed by atoms with Gasteiger partial charge in [0, 0.05) is 13.5 Å². The second kappa shape index (κ2) is 6.43. The van der Waals surface area contributed by atoms with E-state index in [9.17, 15) is 19.5 Å². The molecule has 21 heavy (non-hydrogen) atoms. The number of ether oxygens (including phenoxy) is 2. The summed E-state index contributed by atoms with van der Waals surface area (Å²) in [4.78, 5) is 37.9. The number of rotatable bonds is 5. The summed E-state index contributed by atoms with van der Waals surface area (Å²) in [6, 6.07) is 0. The maximum atomic E-state index is 12.5. The third kappa shape index (κ3) is 2.50. The van der Waals surface area contributed by atoms with Crippen LogP contribution in [0.25, 0.3) is 0 Å². The van der Waals surface area contributed by atoms with Gasteiger partial charge in [-0.1, -0.05) is 6.92 Å². The number of carbonyl (C=O) groups excluding carboxylic acids is 3. The van der Waals surface area contributed by atoms with Crippen LogP contribution in [0.15, 0.2) is 0 Å². The topological polar surface area (TPSA) is 93.1 Å². The Labute approximate surface area is 124 Å². The molecule has 0 radical (unpaired) electrons. The van der Waals surface area contributed by atoms with Gasteiger partial charge in [0.1, 0.15) is 5.60 Å². The Hall–Kier alpha value is -1.63. The van der Waals surface area contributed by atoms with Gasteiger partial charge >= 0.3 is 11.9 Å². The van der Waals surface area contributed by atoms with Crippen molar-refractivity contribution in [2.24, 2.45) is 0 Å². The van der Waals surface area contributed by atoms with Gasteiger partial charge < -0.3 is 19.5 Å². The summed E-state index contributed by atoms with van der Waals surface area (Å²) in [7, 11) is 0. The van der Waals surface area contributed by atoms with E-state index in [0.717, 1.165) is 4.90 Å². The van der Waals surface area contributed by atoms with Crippen LogP contribution in [0.5, 0.6) is 0 Å². The van der Waals surface area contributed by atoms with Gasteiger partial charge in [0.05, 0.1) is 13.2 Å². The summed E-state index contributed by atoms with van der Waals surface area (Å²) >= 11 is 0. The smallest absolute Gasteiger partial charge is 0.347 e. The summed E-state index contributed by atoms with van der Waals surface area (Å²) in [5.41, 5.74) is -3.82. The van der Waals surface area contributed by atoms with Gasteiger partial charge in [-0.15, -0.1) is 0 Å². The maximum Gasteiger partial charge on any atom is 0.347 e. The summed E-state index contributed by atoms with van der Waals surface area (Å²) in [6.45, 7) is 6.24. The van der Waals surface area contributed by atoms with Crippen LogP contribution >= 0.6 is 0 Å². The SMILES string of the molecule is CCOC(=O)C1(C(=O)OCC)N(C(C)=O)CC[C@@]1(O)CC. The van der Waals surface area contributed by atoms with Gasteiger partial charge in [-0.25, -0.2) is 9.59 Å². The highest BCUT2D eigenvalue weighted by Gasteiger charge is 2.70. The second-order valence-corrected chi connectivity index (χ2v) is 4.96. The van der Waals surface area contributed by atoms with Crippen molar-refractivity contribution in [3.63, 3.8) is 0 Å². The maximum absolute atomic E-state index is 12.5. The van der Waals surface area contributed by atoms with E-state index in [-0.39, 0.29) is 32.6 Å². The Morgan fingerprint density at radius 1 is 1.10 bits per heavy atom. The van der Waals surface area contributed by atoms with Crippen LogP contribution in [0.3, 0.4) is 0 Å². The van der Waals surface area contributed by atoms with Gasteiger partial charge in [0.15, 0.2) is 0 Å². The van der Waals surface area contributed by atoms with E-state index in [1.165, 1.54) is 6.92 Å². The number of amides is 1. The van der Waals surface area contributed by atoms with Crippen molar-refractivity contribution in [3.8, 4) is 0 Å². The quantitative estimate of drug-likeness (QED) is 0.578. The Balaban J connectivity index is 3.49. The van der Waals surface area contributed by atoms with Crippen LogP contribution in [0, 0.1) is 0 Å². The first-order valence-electron chi connectivity index (χ1n) is 7.16. The fourth-order valence-electron chi connectivity index (χ4n) is 2.88.